The molecule has 1 saturated heterocycles. The molecule has 4 nitrogen and oxygen atoms in total. The maximum absolute atomic E-state index is 9.31. The quantitative estimate of drug-likeness (QED) is 0.738. The lowest BCUT2D eigenvalue weighted by molar-refractivity contribution is -0.0447. The van der Waals surface area contributed by atoms with Crippen molar-refractivity contribution in [1.29, 1.82) is 5.26 Å². The lowest BCUT2D eigenvalue weighted by Gasteiger charge is -2.15. The molecule has 24 heavy (non-hydrogen) atoms. The van der Waals surface area contributed by atoms with Crippen LogP contribution >= 0.6 is 0 Å². The van der Waals surface area contributed by atoms with Gasteiger partial charge in [-0.1, -0.05) is 30.3 Å². The molecule has 4 heteroatoms. The summed E-state index contributed by atoms with van der Waals surface area (Å²) in [4.78, 5) is 4.26. The highest BCUT2D eigenvalue weighted by Crippen LogP contribution is 2.29. The number of ether oxygens (including phenoxy) is 2. The molecule has 3 aromatic rings. The molecule has 0 amide bonds. The summed E-state index contributed by atoms with van der Waals surface area (Å²) in [5, 5.41) is 11.4. The molecule has 0 N–H and O–H groups in total. The summed E-state index contributed by atoms with van der Waals surface area (Å²) in [5.74, 6) is 0. The molecule has 118 valence electrons. The maximum Gasteiger partial charge on any atom is 0.184 e. The second-order valence-electron chi connectivity index (χ2n) is 5.75. The second kappa shape index (κ2) is 6.40. The third-order valence-corrected chi connectivity index (χ3v) is 4.33. The molecule has 0 unspecified atom stereocenters. The summed E-state index contributed by atoms with van der Waals surface area (Å²) >= 11 is 0. The van der Waals surface area contributed by atoms with E-state index < -0.39 is 0 Å². The highest BCUT2D eigenvalue weighted by molar-refractivity contribution is 5.90. The van der Waals surface area contributed by atoms with E-state index in [1.54, 1.807) is 6.20 Å². The van der Waals surface area contributed by atoms with Crippen LogP contribution in [0.15, 0.2) is 54.9 Å². The zero-order valence-corrected chi connectivity index (χ0v) is 13.1. The molecule has 1 aliphatic heterocycles. The Labute approximate surface area is 140 Å². The highest BCUT2D eigenvalue weighted by Gasteiger charge is 2.21. The van der Waals surface area contributed by atoms with Crippen LogP contribution in [0.4, 0.5) is 0 Å². The predicted molar refractivity (Wildman–Crippen MR) is 90.4 cm³/mol. The molecule has 1 fully saturated rings. The first-order chi connectivity index (χ1) is 11.9. The molecule has 4 rings (SSSR count). The minimum absolute atomic E-state index is 0.312. The van der Waals surface area contributed by atoms with Crippen LogP contribution in [0.5, 0.6) is 0 Å². The number of benzene rings is 2. The topological polar surface area (TPSA) is 55.1 Å². The highest BCUT2D eigenvalue weighted by atomic mass is 16.7. The number of pyridine rings is 1. The van der Waals surface area contributed by atoms with Gasteiger partial charge in [-0.2, -0.15) is 5.26 Å². The Hall–Kier alpha value is -2.74. The number of hydrogen-bond donors (Lipinski definition) is 0. The van der Waals surface area contributed by atoms with E-state index in [9.17, 15) is 5.26 Å². The molecule has 0 saturated carbocycles. The Morgan fingerprint density at radius 3 is 2.58 bits per heavy atom. The normalized spacial score (nSPS) is 14.8. The fraction of sp³-hybridized carbons (Fsp3) is 0.200. The first-order valence-corrected chi connectivity index (χ1v) is 7.93. The number of nitrogens with zero attached hydrogens (tertiary/aromatic N) is 2. The van der Waals surface area contributed by atoms with Crippen molar-refractivity contribution >= 4 is 10.8 Å². The summed E-state index contributed by atoms with van der Waals surface area (Å²) in [6.45, 7) is 1.23. The predicted octanol–water partition coefficient (Wildman–Crippen LogP) is 3.74. The zero-order valence-electron chi connectivity index (χ0n) is 13.1. The third-order valence-electron chi connectivity index (χ3n) is 4.33. The van der Waals surface area contributed by atoms with Crippen LogP contribution in [-0.4, -0.2) is 18.2 Å². The number of nitriles is 1. The fourth-order valence-electron chi connectivity index (χ4n) is 3.17. The molecular weight excluding hydrogens is 300 g/mol. The number of rotatable bonds is 3. The standard InChI is InChI=1S/C20H16N2O2/c21-12-15-6-5-14(17-3-1-2-4-18(15)17)11-16-13-22-8-7-19(16)20-23-9-10-24-20/h1-8,13,20H,9-11H2. The van der Waals surface area contributed by atoms with Crippen molar-refractivity contribution in [2.24, 2.45) is 0 Å². The van der Waals surface area contributed by atoms with Crippen LogP contribution in [-0.2, 0) is 15.9 Å². The van der Waals surface area contributed by atoms with Gasteiger partial charge in [0.1, 0.15) is 0 Å². The average Bonchev–Trinajstić information content (AvgIpc) is 3.17. The molecule has 2 aromatic carbocycles. The van der Waals surface area contributed by atoms with E-state index in [1.165, 1.54) is 0 Å². The van der Waals surface area contributed by atoms with E-state index >= 15 is 0 Å². The molecular formula is C20H16N2O2. The lowest BCUT2D eigenvalue weighted by Crippen LogP contribution is -2.04. The molecule has 2 heterocycles. The van der Waals surface area contributed by atoms with Crippen LogP contribution in [0.1, 0.15) is 28.5 Å². The Balaban J connectivity index is 1.77. The van der Waals surface area contributed by atoms with Gasteiger partial charge in [-0.05, 0) is 34.0 Å². The van der Waals surface area contributed by atoms with Gasteiger partial charge in [-0.15, -0.1) is 0 Å². The van der Waals surface area contributed by atoms with E-state index in [0.717, 1.165) is 33.9 Å². The molecule has 0 radical (unpaired) electrons. The van der Waals surface area contributed by atoms with Gasteiger partial charge in [-0.25, -0.2) is 0 Å². The minimum atomic E-state index is -0.312. The van der Waals surface area contributed by atoms with E-state index in [2.05, 4.69) is 17.1 Å². The second-order valence-corrected chi connectivity index (χ2v) is 5.75. The third kappa shape index (κ3) is 2.65. The van der Waals surface area contributed by atoms with Gasteiger partial charge in [0, 0.05) is 24.4 Å². The molecule has 1 aromatic heterocycles. The zero-order chi connectivity index (χ0) is 16.4. The van der Waals surface area contributed by atoms with Crippen LogP contribution in [0.25, 0.3) is 10.8 Å². The van der Waals surface area contributed by atoms with E-state index in [1.807, 2.05) is 42.6 Å². The van der Waals surface area contributed by atoms with Crippen molar-refractivity contribution in [3.8, 4) is 6.07 Å². The SMILES string of the molecule is N#Cc1ccc(Cc2cnccc2C2OCCO2)c2ccccc12. The van der Waals surface area contributed by atoms with Crippen molar-refractivity contribution < 1.29 is 9.47 Å². The molecule has 1 aliphatic rings. The summed E-state index contributed by atoms with van der Waals surface area (Å²) in [5.41, 5.74) is 3.97. The lowest BCUT2D eigenvalue weighted by atomic mass is 9.94. The summed E-state index contributed by atoms with van der Waals surface area (Å²) < 4.78 is 11.3. The average molecular weight is 316 g/mol. The number of fused-ring (bicyclic) bond motifs is 1. The van der Waals surface area contributed by atoms with Crippen molar-refractivity contribution in [2.75, 3.05) is 13.2 Å². The Morgan fingerprint density at radius 2 is 1.79 bits per heavy atom. The molecule has 0 bridgehead atoms. The Bertz CT molecular complexity index is 924. The Morgan fingerprint density at radius 1 is 1.00 bits per heavy atom. The summed E-state index contributed by atoms with van der Waals surface area (Å²) in [6.07, 6.45) is 4.04. The minimum Gasteiger partial charge on any atom is -0.346 e. The summed E-state index contributed by atoms with van der Waals surface area (Å²) in [6, 6.07) is 16.1. The van der Waals surface area contributed by atoms with Crippen molar-refractivity contribution in [1.82, 2.24) is 4.98 Å². The largest absolute Gasteiger partial charge is 0.346 e. The Kier molecular flexibility index (Phi) is 3.96. The fourth-order valence-corrected chi connectivity index (χ4v) is 3.17. The van der Waals surface area contributed by atoms with Crippen LogP contribution in [0.2, 0.25) is 0 Å². The summed E-state index contributed by atoms with van der Waals surface area (Å²) in [7, 11) is 0. The van der Waals surface area contributed by atoms with Crippen molar-refractivity contribution in [3.05, 3.63) is 77.1 Å². The van der Waals surface area contributed by atoms with Gasteiger partial charge >= 0.3 is 0 Å². The smallest absolute Gasteiger partial charge is 0.184 e. The van der Waals surface area contributed by atoms with E-state index in [0.29, 0.717) is 18.8 Å². The van der Waals surface area contributed by atoms with Crippen molar-refractivity contribution in [2.45, 2.75) is 12.7 Å². The number of aromatic nitrogens is 1. The van der Waals surface area contributed by atoms with Crippen LogP contribution in [0.3, 0.4) is 0 Å². The van der Waals surface area contributed by atoms with Gasteiger partial charge in [0.2, 0.25) is 0 Å². The number of hydrogen-bond acceptors (Lipinski definition) is 4. The van der Waals surface area contributed by atoms with E-state index in [4.69, 9.17) is 9.47 Å². The van der Waals surface area contributed by atoms with Crippen molar-refractivity contribution in [3.63, 3.8) is 0 Å². The van der Waals surface area contributed by atoms with Gasteiger partial charge < -0.3 is 9.47 Å². The van der Waals surface area contributed by atoms with Gasteiger partial charge in [0.05, 0.1) is 24.8 Å². The maximum atomic E-state index is 9.31. The van der Waals surface area contributed by atoms with Crippen LogP contribution in [0, 0.1) is 11.3 Å². The molecule has 0 spiro atoms. The van der Waals surface area contributed by atoms with Gasteiger partial charge in [-0.3, -0.25) is 4.98 Å². The van der Waals surface area contributed by atoms with E-state index in [-0.39, 0.29) is 6.29 Å². The first-order valence-electron chi connectivity index (χ1n) is 7.93. The van der Waals surface area contributed by atoms with Gasteiger partial charge in [0.15, 0.2) is 6.29 Å². The monoisotopic (exact) mass is 316 g/mol. The van der Waals surface area contributed by atoms with Gasteiger partial charge in [0.25, 0.3) is 0 Å². The van der Waals surface area contributed by atoms with Crippen LogP contribution < -0.4 is 0 Å². The molecule has 0 aliphatic carbocycles. The first kappa shape index (κ1) is 14.8. The molecule has 0 atom stereocenters.